The Balaban J connectivity index is 1.90. The summed E-state index contributed by atoms with van der Waals surface area (Å²) >= 11 is -0.195. The largest absolute Gasteiger partial charge is 0.598 e. The summed E-state index contributed by atoms with van der Waals surface area (Å²) < 4.78 is 58.2. The molecule has 0 saturated heterocycles. The fraction of sp³-hybridized carbons (Fsp3) is 0.240. The van der Waals surface area contributed by atoms with E-state index in [-0.39, 0.29) is 12.0 Å². The van der Waals surface area contributed by atoms with E-state index in [0.717, 1.165) is 10.8 Å². The Kier molecular flexibility index (Phi) is 7.15. The molecule has 4 aromatic rings. The standard InChI is InChI=1S/C25H21F3N4OS2/c1-25(2,3)35(33)32-21(8-14-6-17(26)10-18(27)7-14)23-19(11-22-24(31-23)30-13-34-22)15-4-5-20(28)16(9-15)12-29/h4-7,9-11,13,21,32H,8H2,1-3H3/t21-,35?/m0/s1. The molecule has 180 valence electrons. The fourth-order valence-corrected chi connectivity index (χ4v) is 5.01. The lowest BCUT2D eigenvalue weighted by Crippen LogP contribution is -2.42. The number of aromatic nitrogens is 2. The third-order valence-electron chi connectivity index (χ3n) is 5.25. The zero-order valence-corrected chi connectivity index (χ0v) is 20.7. The number of hydrogen-bond donors (Lipinski definition) is 1. The molecule has 0 aliphatic heterocycles. The van der Waals surface area contributed by atoms with Gasteiger partial charge in [0.05, 0.1) is 27.5 Å². The number of fused-ring (bicyclic) bond motifs is 1. The van der Waals surface area contributed by atoms with Crippen LogP contribution in [-0.4, -0.2) is 19.3 Å². The predicted molar refractivity (Wildman–Crippen MR) is 131 cm³/mol. The summed E-state index contributed by atoms with van der Waals surface area (Å²) in [5.74, 6) is -2.10. The van der Waals surface area contributed by atoms with E-state index in [1.54, 1.807) is 26.3 Å². The average molecular weight is 515 g/mol. The molecule has 10 heteroatoms. The maximum atomic E-state index is 14.0. The van der Waals surface area contributed by atoms with Gasteiger partial charge in [0.15, 0.2) is 5.65 Å². The SMILES string of the molecule is CC(C)(C)[S+]([O-])N[C@@H](Cc1cc(F)cc(F)c1)c1nc2ncsc2cc1-c1ccc(F)c(C#N)c1. The van der Waals surface area contributed by atoms with Crippen molar-refractivity contribution in [2.45, 2.75) is 38.0 Å². The number of nitriles is 1. The number of rotatable bonds is 6. The van der Waals surface area contributed by atoms with E-state index >= 15 is 0 Å². The Morgan fingerprint density at radius 3 is 2.49 bits per heavy atom. The van der Waals surface area contributed by atoms with Crippen LogP contribution in [0, 0.1) is 28.8 Å². The van der Waals surface area contributed by atoms with Gasteiger partial charge in [0.2, 0.25) is 0 Å². The minimum Gasteiger partial charge on any atom is -0.598 e. The molecule has 0 spiro atoms. The van der Waals surface area contributed by atoms with Gasteiger partial charge in [0.1, 0.15) is 28.3 Å². The van der Waals surface area contributed by atoms with Crippen molar-refractivity contribution in [3.05, 3.63) is 82.2 Å². The number of nitrogens with one attached hydrogen (secondary N) is 1. The van der Waals surface area contributed by atoms with Gasteiger partial charge >= 0.3 is 0 Å². The van der Waals surface area contributed by atoms with Gasteiger partial charge in [-0.25, -0.2) is 23.1 Å². The van der Waals surface area contributed by atoms with Gasteiger partial charge in [0.25, 0.3) is 0 Å². The van der Waals surface area contributed by atoms with E-state index in [9.17, 15) is 23.0 Å². The fourth-order valence-electron chi connectivity index (χ4n) is 3.55. The molecule has 4 rings (SSSR count). The van der Waals surface area contributed by atoms with E-state index in [1.807, 2.05) is 12.1 Å². The highest BCUT2D eigenvalue weighted by atomic mass is 32.2. The highest BCUT2D eigenvalue weighted by Crippen LogP contribution is 2.35. The Bertz CT molecular complexity index is 1410. The van der Waals surface area contributed by atoms with Crippen LogP contribution in [0.5, 0.6) is 0 Å². The first-order valence-corrected chi connectivity index (χ1v) is 12.7. The molecule has 5 nitrogen and oxygen atoms in total. The molecular weight excluding hydrogens is 493 g/mol. The van der Waals surface area contributed by atoms with Crippen molar-refractivity contribution in [3.8, 4) is 17.2 Å². The summed E-state index contributed by atoms with van der Waals surface area (Å²) in [6.45, 7) is 5.39. The van der Waals surface area contributed by atoms with E-state index in [2.05, 4.69) is 9.71 Å². The first-order valence-electron chi connectivity index (χ1n) is 10.6. The van der Waals surface area contributed by atoms with Crippen LogP contribution in [0.4, 0.5) is 13.2 Å². The van der Waals surface area contributed by atoms with Crippen LogP contribution < -0.4 is 4.72 Å². The lowest BCUT2D eigenvalue weighted by Gasteiger charge is -2.28. The molecule has 0 fully saturated rings. The topological polar surface area (TPSA) is 84.7 Å². The summed E-state index contributed by atoms with van der Waals surface area (Å²) in [4.78, 5) is 8.98. The van der Waals surface area contributed by atoms with Gasteiger partial charge in [-0.2, -0.15) is 5.26 Å². The molecule has 0 radical (unpaired) electrons. The van der Waals surface area contributed by atoms with Crippen molar-refractivity contribution in [3.63, 3.8) is 0 Å². The smallest absolute Gasteiger partial charge is 0.170 e. The summed E-state index contributed by atoms with van der Waals surface area (Å²) in [5, 5.41) is 9.33. The number of thiazole rings is 1. The molecule has 0 bridgehead atoms. The maximum Gasteiger partial charge on any atom is 0.170 e. The molecule has 0 aliphatic carbocycles. The molecule has 0 amide bonds. The maximum absolute atomic E-state index is 14.0. The van der Waals surface area contributed by atoms with Crippen molar-refractivity contribution < 1.29 is 17.7 Å². The van der Waals surface area contributed by atoms with E-state index in [0.29, 0.717) is 28.0 Å². The Morgan fingerprint density at radius 2 is 1.83 bits per heavy atom. The highest BCUT2D eigenvalue weighted by Gasteiger charge is 2.32. The zero-order valence-electron chi connectivity index (χ0n) is 19.1. The van der Waals surface area contributed by atoms with Crippen LogP contribution in [0.3, 0.4) is 0 Å². The molecule has 1 unspecified atom stereocenters. The minimum atomic E-state index is -1.56. The van der Waals surface area contributed by atoms with Gasteiger partial charge in [-0.05, 0) is 68.7 Å². The summed E-state index contributed by atoms with van der Waals surface area (Å²) in [6, 6.07) is 10.3. The Morgan fingerprint density at radius 1 is 1.11 bits per heavy atom. The molecule has 1 N–H and O–H groups in total. The summed E-state index contributed by atoms with van der Waals surface area (Å²) in [5.41, 5.74) is 3.81. The number of pyridine rings is 1. The van der Waals surface area contributed by atoms with E-state index in [1.165, 1.54) is 41.7 Å². The highest BCUT2D eigenvalue weighted by molar-refractivity contribution is 7.90. The van der Waals surface area contributed by atoms with Crippen LogP contribution in [0.15, 0.2) is 48.0 Å². The van der Waals surface area contributed by atoms with Crippen molar-refractivity contribution in [2.24, 2.45) is 0 Å². The quantitative estimate of drug-likeness (QED) is 0.320. The van der Waals surface area contributed by atoms with E-state index in [4.69, 9.17) is 4.98 Å². The molecule has 0 saturated carbocycles. The molecule has 35 heavy (non-hydrogen) atoms. The number of nitrogens with zero attached hydrogens (tertiary/aromatic N) is 3. The Labute approximate surface area is 208 Å². The van der Waals surface area contributed by atoms with Gasteiger partial charge in [-0.15, -0.1) is 16.1 Å². The van der Waals surface area contributed by atoms with Gasteiger partial charge in [0, 0.05) is 23.0 Å². The lowest BCUT2D eigenvalue weighted by molar-refractivity contribution is 0.517. The van der Waals surface area contributed by atoms with Crippen molar-refractivity contribution in [1.82, 2.24) is 14.7 Å². The van der Waals surface area contributed by atoms with Crippen LogP contribution >= 0.6 is 11.3 Å². The van der Waals surface area contributed by atoms with Gasteiger partial charge < -0.3 is 4.55 Å². The zero-order chi connectivity index (χ0) is 25.3. The number of hydrogen-bond acceptors (Lipinski definition) is 6. The summed E-state index contributed by atoms with van der Waals surface area (Å²) in [7, 11) is 0. The molecule has 2 heterocycles. The number of halogens is 3. The molecular formula is C25H21F3N4OS2. The minimum absolute atomic E-state index is 0.0679. The van der Waals surface area contributed by atoms with Gasteiger partial charge in [-0.3, -0.25) is 0 Å². The predicted octanol–water partition coefficient (Wildman–Crippen LogP) is 5.98. The van der Waals surface area contributed by atoms with Crippen molar-refractivity contribution in [2.75, 3.05) is 0 Å². The number of benzene rings is 2. The second-order valence-corrected chi connectivity index (χ2v) is 11.8. The third-order valence-corrected chi connectivity index (χ3v) is 7.62. The first-order chi connectivity index (χ1) is 16.5. The van der Waals surface area contributed by atoms with Gasteiger partial charge in [-0.1, -0.05) is 6.07 Å². The second kappa shape index (κ2) is 9.95. The molecule has 2 aromatic carbocycles. The molecule has 2 atom stereocenters. The lowest BCUT2D eigenvalue weighted by atomic mass is 9.95. The first kappa shape index (κ1) is 25.1. The second-order valence-electron chi connectivity index (χ2n) is 8.94. The van der Waals surface area contributed by atoms with Crippen LogP contribution in [-0.2, 0) is 17.8 Å². The van der Waals surface area contributed by atoms with E-state index < -0.39 is 39.6 Å². The van der Waals surface area contributed by atoms with Crippen molar-refractivity contribution in [1.29, 1.82) is 5.26 Å². The normalized spacial score (nSPS) is 13.5. The monoisotopic (exact) mass is 514 g/mol. The average Bonchev–Trinajstić information content (AvgIpc) is 3.24. The van der Waals surface area contributed by atoms with Crippen LogP contribution in [0.25, 0.3) is 21.5 Å². The molecule has 0 aliphatic rings. The summed E-state index contributed by atoms with van der Waals surface area (Å²) in [6.07, 6.45) is 0.0679. The van der Waals surface area contributed by atoms with Crippen molar-refractivity contribution >= 4 is 33.0 Å². The molecule has 2 aromatic heterocycles. The Hall–Kier alpha value is -2.97. The van der Waals surface area contributed by atoms with Crippen LogP contribution in [0.1, 0.15) is 43.6 Å². The third kappa shape index (κ3) is 5.65. The van der Waals surface area contributed by atoms with Crippen LogP contribution in [0.2, 0.25) is 0 Å².